The number of fused-ring (bicyclic) bond motifs is 1. The Morgan fingerprint density at radius 2 is 1.80 bits per heavy atom. The summed E-state index contributed by atoms with van der Waals surface area (Å²) in [5.74, 6) is 0.175. The molecule has 0 radical (unpaired) electrons. The quantitative estimate of drug-likeness (QED) is 0.489. The normalized spacial score (nSPS) is 15.7. The van der Waals surface area contributed by atoms with Gasteiger partial charge in [-0.05, 0) is 59.4 Å². The Labute approximate surface area is 205 Å². The van der Waals surface area contributed by atoms with Crippen molar-refractivity contribution in [3.8, 4) is 5.75 Å². The van der Waals surface area contributed by atoms with Crippen molar-refractivity contribution in [1.29, 1.82) is 0 Å². The van der Waals surface area contributed by atoms with Gasteiger partial charge in [-0.25, -0.2) is 4.39 Å². The molecule has 0 aliphatic carbocycles. The van der Waals surface area contributed by atoms with Crippen LogP contribution in [0.5, 0.6) is 5.75 Å². The Balaban J connectivity index is 1.54. The molecule has 35 heavy (non-hydrogen) atoms. The number of halogens is 1. The molecule has 0 unspecified atom stereocenters. The van der Waals surface area contributed by atoms with E-state index in [9.17, 15) is 14.0 Å². The van der Waals surface area contributed by atoms with Crippen LogP contribution in [0.4, 0.5) is 4.39 Å². The monoisotopic (exact) mass is 474 g/mol. The maximum Gasteiger partial charge on any atom is 0.261 e. The first-order valence-corrected chi connectivity index (χ1v) is 12.2. The van der Waals surface area contributed by atoms with Gasteiger partial charge in [0.25, 0.3) is 5.91 Å². The van der Waals surface area contributed by atoms with Crippen molar-refractivity contribution in [2.24, 2.45) is 0 Å². The van der Waals surface area contributed by atoms with Crippen molar-refractivity contribution in [2.75, 3.05) is 6.54 Å². The summed E-state index contributed by atoms with van der Waals surface area (Å²) in [6.07, 6.45) is 1.05. The lowest BCUT2D eigenvalue weighted by molar-refractivity contribution is -0.133. The largest absolute Gasteiger partial charge is 0.481 e. The Hall–Kier alpha value is -3.67. The van der Waals surface area contributed by atoms with Crippen LogP contribution < -0.4 is 10.1 Å². The highest BCUT2D eigenvalue weighted by atomic mass is 19.1. The first-order chi connectivity index (χ1) is 17.0. The summed E-state index contributed by atoms with van der Waals surface area (Å²) in [5.41, 5.74) is 4.08. The van der Waals surface area contributed by atoms with Gasteiger partial charge in [0.2, 0.25) is 5.91 Å². The lowest BCUT2D eigenvalue weighted by Gasteiger charge is -2.38. The highest BCUT2D eigenvalue weighted by molar-refractivity contribution is 5.81. The second-order valence-electron chi connectivity index (χ2n) is 8.72. The van der Waals surface area contributed by atoms with E-state index in [1.807, 2.05) is 67.3 Å². The Bertz CT molecular complexity index is 1160. The summed E-state index contributed by atoms with van der Waals surface area (Å²) in [6.45, 7) is 4.75. The van der Waals surface area contributed by atoms with Gasteiger partial charge in [-0.3, -0.25) is 9.59 Å². The minimum Gasteiger partial charge on any atom is -0.481 e. The highest BCUT2D eigenvalue weighted by Crippen LogP contribution is 2.37. The number of rotatable bonds is 8. The number of carbonyl (C=O) groups excluding carboxylic acids is 2. The minimum absolute atomic E-state index is 0.113. The molecule has 0 fully saturated rings. The summed E-state index contributed by atoms with van der Waals surface area (Å²) in [4.78, 5) is 27.5. The number of carbonyl (C=O) groups is 2. The molecule has 1 N–H and O–H groups in total. The van der Waals surface area contributed by atoms with Crippen molar-refractivity contribution in [3.05, 3.63) is 101 Å². The zero-order valence-electron chi connectivity index (χ0n) is 20.2. The lowest BCUT2D eigenvalue weighted by atomic mass is 9.87. The second-order valence-corrected chi connectivity index (χ2v) is 8.72. The average Bonchev–Trinajstić information content (AvgIpc) is 2.90. The van der Waals surface area contributed by atoms with Gasteiger partial charge in [-0.1, -0.05) is 62.4 Å². The van der Waals surface area contributed by atoms with Crippen LogP contribution in [0.1, 0.15) is 55.0 Å². The molecule has 1 heterocycles. The molecular formula is C29H31FN2O3. The number of benzene rings is 3. The maximum atomic E-state index is 13.1. The molecule has 0 saturated carbocycles. The van der Waals surface area contributed by atoms with Crippen LogP contribution >= 0.6 is 0 Å². The van der Waals surface area contributed by atoms with Gasteiger partial charge in [0.15, 0.2) is 6.10 Å². The number of hydrogen-bond donors (Lipinski definition) is 1. The molecule has 2 amide bonds. The van der Waals surface area contributed by atoms with Crippen LogP contribution in [-0.4, -0.2) is 29.4 Å². The third-order valence-corrected chi connectivity index (χ3v) is 6.41. The number of ether oxygens (including phenoxy) is 1. The van der Waals surface area contributed by atoms with E-state index >= 15 is 0 Å². The Morgan fingerprint density at radius 1 is 1.06 bits per heavy atom. The third-order valence-electron chi connectivity index (χ3n) is 6.41. The number of hydrogen-bond acceptors (Lipinski definition) is 3. The predicted octanol–water partition coefficient (Wildman–Crippen LogP) is 5.18. The van der Waals surface area contributed by atoms with E-state index in [2.05, 4.69) is 5.32 Å². The van der Waals surface area contributed by atoms with Crippen LogP contribution in [-0.2, 0) is 22.6 Å². The first-order valence-electron chi connectivity index (χ1n) is 12.2. The van der Waals surface area contributed by atoms with Crippen molar-refractivity contribution in [2.45, 2.75) is 51.8 Å². The highest BCUT2D eigenvalue weighted by Gasteiger charge is 2.32. The molecule has 0 saturated heterocycles. The van der Waals surface area contributed by atoms with Crippen LogP contribution in [0, 0.1) is 5.82 Å². The molecule has 0 bridgehead atoms. The topological polar surface area (TPSA) is 58.6 Å². The number of nitrogens with one attached hydrogen (secondary N) is 1. The zero-order chi connectivity index (χ0) is 24.8. The molecule has 5 nitrogen and oxygen atoms in total. The number of amides is 2. The van der Waals surface area contributed by atoms with Gasteiger partial charge in [0, 0.05) is 19.5 Å². The van der Waals surface area contributed by atoms with E-state index in [1.54, 1.807) is 12.1 Å². The van der Waals surface area contributed by atoms with E-state index in [1.165, 1.54) is 17.7 Å². The molecule has 3 aromatic rings. The maximum absolute atomic E-state index is 13.1. The first kappa shape index (κ1) is 24.5. The summed E-state index contributed by atoms with van der Waals surface area (Å²) in [5, 5.41) is 2.88. The SMILES string of the molecule is CCC(=O)N1CCc2ccc(O[C@@H](CC)C(=O)NCc3ccc(F)cc3)cc2[C@H]1c1ccccc1. The van der Waals surface area contributed by atoms with Gasteiger partial charge < -0.3 is 15.0 Å². The van der Waals surface area contributed by atoms with E-state index in [-0.39, 0.29) is 23.7 Å². The van der Waals surface area contributed by atoms with Gasteiger partial charge in [0.05, 0.1) is 6.04 Å². The van der Waals surface area contributed by atoms with Crippen LogP contribution in [0.2, 0.25) is 0 Å². The standard InChI is InChI=1S/C29H31FN2O3/c1-3-26(29(34)31-19-20-10-13-23(30)14-11-20)35-24-15-12-21-16-17-32(27(33)4-2)28(25(21)18-24)22-8-6-5-7-9-22/h5-15,18,26,28H,3-4,16-17,19H2,1-2H3,(H,31,34)/t26-,28+/m0/s1. The Kier molecular flexibility index (Phi) is 7.80. The summed E-state index contributed by atoms with van der Waals surface area (Å²) in [7, 11) is 0. The molecule has 4 rings (SSSR count). The molecular weight excluding hydrogens is 443 g/mol. The average molecular weight is 475 g/mol. The minimum atomic E-state index is -0.666. The van der Waals surface area contributed by atoms with Crippen molar-refractivity contribution in [1.82, 2.24) is 10.2 Å². The molecule has 0 spiro atoms. The van der Waals surface area contributed by atoms with Crippen LogP contribution in [0.25, 0.3) is 0 Å². The molecule has 182 valence electrons. The van der Waals surface area contributed by atoms with Crippen LogP contribution in [0.15, 0.2) is 72.8 Å². The lowest BCUT2D eigenvalue weighted by Crippen LogP contribution is -2.40. The van der Waals surface area contributed by atoms with E-state index in [4.69, 9.17) is 4.74 Å². The van der Waals surface area contributed by atoms with E-state index in [0.29, 0.717) is 31.7 Å². The Morgan fingerprint density at radius 3 is 2.49 bits per heavy atom. The fourth-order valence-electron chi connectivity index (χ4n) is 4.52. The zero-order valence-corrected chi connectivity index (χ0v) is 20.2. The van der Waals surface area contributed by atoms with E-state index in [0.717, 1.165) is 23.1 Å². The molecule has 0 aromatic heterocycles. The van der Waals surface area contributed by atoms with Gasteiger partial charge >= 0.3 is 0 Å². The summed E-state index contributed by atoms with van der Waals surface area (Å²) >= 11 is 0. The molecule has 1 aliphatic heterocycles. The second kappa shape index (κ2) is 11.2. The summed E-state index contributed by atoms with van der Waals surface area (Å²) < 4.78 is 19.3. The van der Waals surface area contributed by atoms with Crippen molar-refractivity contribution >= 4 is 11.8 Å². The smallest absolute Gasteiger partial charge is 0.261 e. The van der Waals surface area contributed by atoms with Gasteiger partial charge in [-0.2, -0.15) is 0 Å². The van der Waals surface area contributed by atoms with Gasteiger partial charge in [-0.15, -0.1) is 0 Å². The van der Waals surface area contributed by atoms with Crippen molar-refractivity contribution < 1.29 is 18.7 Å². The van der Waals surface area contributed by atoms with E-state index < -0.39 is 6.10 Å². The number of nitrogens with zero attached hydrogens (tertiary/aromatic N) is 1. The third kappa shape index (κ3) is 5.70. The molecule has 1 aliphatic rings. The predicted molar refractivity (Wildman–Crippen MR) is 133 cm³/mol. The fraction of sp³-hybridized carbons (Fsp3) is 0.310. The van der Waals surface area contributed by atoms with Gasteiger partial charge in [0.1, 0.15) is 11.6 Å². The fourth-order valence-corrected chi connectivity index (χ4v) is 4.52. The van der Waals surface area contributed by atoms with Crippen molar-refractivity contribution in [3.63, 3.8) is 0 Å². The summed E-state index contributed by atoms with van der Waals surface area (Å²) in [6, 6.07) is 21.8. The molecule has 2 atom stereocenters. The van der Waals surface area contributed by atoms with Crippen LogP contribution in [0.3, 0.4) is 0 Å². The molecule has 6 heteroatoms. The molecule has 3 aromatic carbocycles.